The average molecular weight is 344 g/mol. The van der Waals surface area contributed by atoms with Gasteiger partial charge in [0.2, 0.25) is 0 Å². The summed E-state index contributed by atoms with van der Waals surface area (Å²) < 4.78 is 6.67. The first-order chi connectivity index (χ1) is 11.6. The van der Waals surface area contributed by atoms with E-state index in [0.29, 0.717) is 53.4 Å². The SMILES string of the molecule is O=C(c1ccc2nc3cc(Cl)ccc3c(=O)n2c1)N1CCOCC1. The van der Waals surface area contributed by atoms with Gasteiger partial charge in [0.25, 0.3) is 11.5 Å². The maximum absolute atomic E-state index is 12.7. The highest BCUT2D eigenvalue weighted by atomic mass is 35.5. The number of fused-ring (bicyclic) bond motifs is 2. The molecule has 1 aliphatic rings. The second-order valence-corrected chi connectivity index (χ2v) is 6.07. The topological polar surface area (TPSA) is 63.9 Å². The number of carbonyl (C=O) groups is 1. The van der Waals surface area contributed by atoms with Gasteiger partial charge in [0.1, 0.15) is 5.65 Å². The monoisotopic (exact) mass is 343 g/mol. The van der Waals surface area contributed by atoms with E-state index in [1.807, 2.05) is 0 Å². The predicted molar refractivity (Wildman–Crippen MR) is 90.7 cm³/mol. The zero-order valence-corrected chi connectivity index (χ0v) is 13.5. The van der Waals surface area contributed by atoms with Crippen LogP contribution >= 0.6 is 11.6 Å². The van der Waals surface area contributed by atoms with Gasteiger partial charge in [-0.3, -0.25) is 14.0 Å². The minimum Gasteiger partial charge on any atom is -0.378 e. The van der Waals surface area contributed by atoms with Crippen LogP contribution < -0.4 is 5.56 Å². The van der Waals surface area contributed by atoms with Gasteiger partial charge in [-0.15, -0.1) is 0 Å². The van der Waals surface area contributed by atoms with Crippen molar-refractivity contribution >= 4 is 34.1 Å². The number of hydrogen-bond donors (Lipinski definition) is 0. The average Bonchev–Trinajstić information content (AvgIpc) is 2.61. The largest absolute Gasteiger partial charge is 0.378 e. The standard InChI is InChI=1S/C17H14ClN3O3/c18-12-2-3-13-14(9-12)19-15-4-1-11(10-21(15)17(13)23)16(22)20-5-7-24-8-6-20/h1-4,9-10H,5-8H2. The molecule has 2 aromatic heterocycles. The lowest BCUT2D eigenvalue weighted by Crippen LogP contribution is -2.40. The minimum absolute atomic E-state index is 0.108. The van der Waals surface area contributed by atoms with Gasteiger partial charge in [-0.25, -0.2) is 4.98 Å². The molecule has 3 heterocycles. The van der Waals surface area contributed by atoms with Gasteiger partial charge >= 0.3 is 0 Å². The maximum atomic E-state index is 12.7. The van der Waals surface area contributed by atoms with Crippen molar-refractivity contribution in [3.05, 3.63) is 57.5 Å². The highest BCUT2D eigenvalue weighted by Gasteiger charge is 2.19. The van der Waals surface area contributed by atoms with E-state index in [0.717, 1.165) is 0 Å². The van der Waals surface area contributed by atoms with E-state index in [-0.39, 0.29) is 11.5 Å². The number of benzene rings is 1. The molecule has 1 fully saturated rings. The molecule has 0 atom stereocenters. The summed E-state index contributed by atoms with van der Waals surface area (Å²) in [7, 11) is 0. The van der Waals surface area contributed by atoms with Gasteiger partial charge in [-0.05, 0) is 30.3 Å². The Bertz CT molecular complexity index is 1010. The molecule has 6 nitrogen and oxygen atoms in total. The molecule has 0 bridgehead atoms. The van der Waals surface area contributed by atoms with E-state index >= 15 is 0 Å². The Balaban J connectivity index is 1.84. The van der Waals surface area contributed by atoms with Crippen LogP contribution in [0.2, 0.25) is 5.02 Å². The first-order valence-corrected chi connectivity index (χ1v) is 8.00. The Kier molecular flexibility index (Phi) is 3.70. The van der Waals surface area contributed by atoms with Crippen LogP contribution in [-0.2, 0) is 4.74 Å². The second-order valence-electron chi connectivity index (χ2n) is 5.63. The third kappa shape index (κ3) is 2.53. The van der Waals surface area contributed by atoms with Crippen LogP contribution in [-0.4, -0.2) is 46.5 Å². The molecule has 3 aromatic rings. The molecule has 0 radical (unpaired) electrons. The molecule has 0 saturated carbocycles. The van der Waals surface area contributed by atoms with Crippen LogP contribution in [0.4, 0.5) is 0 Å². The number of hydrogen-bond acceptors (Lipinski definition) is 4. The third-order valence-electron chi connectivity index (χ3n) is 4.12. The summed E-state index contributed by atoms with van der Waals surface area (Å²) >= 11 is 5.97. The molecule has 0 unspecified atom stereocenters. The molecule has 1 amide bonds. The first kappa shape index (κ1) is 15.1. The Morgan fingerprint density at radius 2 is 1.96 bits per heavy atom. The maximum Gasteiger partial charge on any atom is 0.265 e. The molecule has 122 valence electrons. The molecular formula is C17H14ClN3O3. The van der Waals surface area contributed by atoms with Crippen molar-refractivity contribution in [3.63, 3.8) is 0 Å². The van der Waals surface area contributed by atoms with Crippen molar-refractivity contribution in [2.75, 3.05) is 26.3 Å². The lowest BCUT2D eigenvalue weighted by molar-refractivity contribution is 0.0302. The van der Waals surface area contributed by atoms with Crippen molar-refractivity contribution in [3.8, 4) is 0 Å². The fraction of sp³-hybridized carbons (Fsp3) is 0.235. The van der Waals surface area contributed by atoms with Crippen LogP contribution in [0.1, 0.15) is 10.4 Å². The number of aromatic nitrogens is 2. The van der Waals surface area contributed by atoms with Crippen molar-refractivity contribution < 1.29 is 9.53 Å². The molecule has 7 heteroatoms. The number of nitrogens with zero attached hydrogens (tertiary/aromatic N) is 3. The van der Waals surface area contributed by atoms with Gasteiger partial charge < -0.3 is 9.64 Å². The lowest BCUT2D eigenvalue weighted by atomic mass is 10.2. The van der Waals surface area contributed by atoms with Gasteiger partial charge in [0.15, 0.2) is 0 Å². The molecule has 1 saturated heterocycles. The predicted octanol–water partition coefficient (Wildman–Crippen LogP) is 1.97. The summed E-state index contributed by atoms with van der Waals surface area (Å²) in [5, 5.41) is 0.991. The van der Waals surface area contributed by atoms with Crippen molar-refractivity contribution in [1.82, 2.24) is 14.3 Å². The zero-order chi connectivity index (χ0) is 16.7. The third-order valence-corrected chi connectivity index (χ3v) is 4.35. The zero-order valence-electron chi connectivity index (χ0n) is 12.7. The summed E-state index contributed by atoms with van der Waals surface area (Å²) in [5.74, 6) is -0.108. The summed E-state index contributed by atoms with van der Waals surface area (Å²) in [6, 6.07) is 8.33. The summed E-state index contributed by atoms with van der Waals surface area (Å²) in [6.07, 6.45) is 1.55. The lowest BCUT2D eigenvalue weighted by Gasteiger charge is -2.26. The normalized spacial score (nSPS) is 15.1. The smallest absolute Gasteiger partial charge is 0.265 e. The first-order valence-electron chi connectivity index (χ1n) is 7.62. The number of pyridine rings is 1. The molecular weight excluding hydrogens is 330 g/mol. The molecule has 1 aliphatic heterocycles. The van der Waals surface area contributed by atoms with E-state index in [9.17, 15) is 9.59 Å². The molecule has 0 spiro atoms. The Morgan fingerprint density at radius 3 is 2.75 bits per heavy atom. The molecule has 1 aromatic carbocycles. The van der Waals surface area contributed by atoms with Crippen molar-refractivity contribution in [2.24, 2.45) is 0 Å². The van der Waals surface area contributed by atoms with Crippen molar-refractivity contribution in [2.45, 2.75) is 0 Å². The van der Waals surface area contributed by atoms with Gasteiger partial charge in [0.05, 0.1) is 29.7 Å². The van der Waals surface area contributed by atoms with E-state index in [4.69, 9.17) is 16.3 Å². The van der Waals surface area contributed by atoms with Gasteiger partial charge in [-0.1, -0.05) is 11.6 Å². The Hall–Kier alpha value is -2.44. The fourth-order valence-corrected chi connectivity index (χ4v) is 3.02. The van der Waals surface area contributed by atoms with E-state index in [2.05, 4.69) is 4.98 Å². The van der Waals surface area contributed by atoms with E-state index in [1.165, 1.54) is 4.40 Å². The summed E-state index contributed by atoms with van der Waals surface area (Å²) in [4.78, 5) is 31.4. The molecule has 24 heavy (non-hydrogen) atoms. The summed E-state index contributed by atoms with van der Waals surface area (Å²) in [6.45, 7) is 2.18. The fourth-order valence-electron chi connectivity index (χ4n) is 2.85. The Morgan fingerprint density at radius 1 is 1.17 bits per heavy atom. The molecule has 4 rings (SSSR count). The van der Waals surface area contributed by atoms with Gasteiger partial charge in [-0.2, -0.15) is 0 Å². The summed E-state index contributed by atoms with van der Waals surface area (Å²) in [5.41, 5.74) is 1.26. The number of halogens is 1. The molecule has 0 N–H and O–H groups in total. The number of amides is 1. The van der Waals surface area contributed by atoms with Crippen LogP contribution in [0.5, 0.6) is 0 Å². The highest BCUT2D eigenvalue weighted by Crippen LogP contribution is 2.16. The van der Waals surface area contributed by atoms with E-state index < -0.39 is 0 Å². The number of morpholine rings is 1. The number of carbonyl (C=O) groups excluding carboxylic acids is 1. The van der Waals surface area contributed by atoms with E-state index in [1.54, 1.807) is 41.4 Å². The minimum atomic E-state index is -0.219. The van der Waals surface area contributed by atoms with Crippen LogP contribution in [0, 0.1) is 0 Å². The highest BCUT2D eigenvalue weighted by molar-refractivity contribution is 6.31. The van der Waals surface area contributed by atoms with Crippen LogP contribution in [0.25, 0.3) is 16.6 Å². The number of rotatable bonds is 1. The number of ether oxygens (including phenoxy) is 1. The van der Waals surface area contributed by atoms with Crippen molar-refractivity contribution in [1.29, 1.82) is 0 Å². The van der Waals surface area contributed by atoms with Crippen LogP contribution in [0.15, 0.2) is 41.3 Å². The molecule has 0 aliphatic carbocycles. The quantitative estimate of drug-likeness (QED) is 0.634. The van der Waals surface area contributed by atoms with Crippen LogP contribution in [0.3, 0.4) is 0 Å². The second kappa shape index (κ2) is 5.89. The van der Waals surface area contributed by atoms with Gasteiger partial charge in [0, 0.05) is 24.3 Å². The Labute approximate surface area is 142 Å².